The number of cyclic esters (lactones) is 1. The Hall–Kier alpha value is -0.990. The minimum atomic E-state index is -0.457. The van der Waals surface area contributed by atoms with E-state index in [9.17, 15) is 4.79 Å². The molecule has 3 aromatic carbocycles. The van der Waals surface area contributed by atoms with Gasteiger partial charge in [-0.2, -0.15) is 0 Å². The number of nitrogens with zero attached hydrogens (tertiary/aromatic N) is 1. The van der Waals surface area contributed by atoms with Crippen molar-refractivity contribution in [3.63, 3.8) is 0 Å². The molecule has 0 bridgehead atoms. The molecule has 0 aromatic heterocycles. The Bertz CT molecular complexity index is 1200. The third-order valence-corrected chi connectivity index (χ3v) is 7.55. The summed E-state index contributed by atoms with van der Waals surface area (Å²) >= 11 is 10.2. The molecule has 1 aliphatic heterocycles. The van der Waals surface area contributed by atoms with E-state index in [1.54, 1.807) is 6.08 Å². The SMILES string of the molecule is O=C1OC(c2ccc(Br)cc2)=N/C1=C\c1cc(I)c(OCc2ccccc2I)c(I)c1. The van der Waals surface area contributed by atoms with Crippen molar-refractivity contribution in [3.8, 4) is 5.75 Å². The van der Waals surface area contributed by atoms with Gasteiger partial charge in [0, 0.05) is 19.2 Å². The molecule has 0 radical (unpaired) electrons. The lowest BCUT2D eigenvalue weighted by atomic mass is 10.2. The zero-order chi connectivity index (χ0) is 22.0. The van der Waals surface area contributed by atoms with Crippen LogP contribution in [0.5, 0.6) is 5.75 Å². The quantitative estimate of drug-likeness (QED) is 0.156. The first-order valence-corrected chi connectivity index (χ1v) is 13.1. The highest BCUT2D eigenvalue weighted by Gasteiger charge is 2.24. The standard InChI is InChI=1S/C23H13BrI3NO3/c24-16-7-5-14(6-8-16)22-28-20(23(29)31-22)11-13-9-18(26)21(19(27)10-13)30-12-15-3-1-2-4-17(15)25/h1-11H,12H2/b20-11-. The molecule has 4 nitrogen and oxygen atoms in total. The predicted octanol–water partition coefficient (Wildman–Crippen LogP) is 7.19. The maximum Gasteiger partial charge on any atom is 0.363 e. The number of esters is 1. The molecule has 0 saturated carbocycles. The molecule has 156 valence electrons. The summed E-state index contributed by atoms with van der Waals surface area (Å²) in [5.41, 5.74) is 3.04. The minimum Gasteiger partial charge on any atom is -0.487 e. The molecule has 0 N–H and O–H groups in total. The normalized spacial score (nSPS) is 14.5. The molecule has 0 unspecified atom stereocenters. The maximum absolute atomic E-state index is 12.3. The highest BCUT2D eigenvalue weighted by Crippen LogP contribution is 2.31. The minimum absolute atomic E-state index is 0.275. The van der Waals surface area contributed by atoms with Crippen molar-refractivity contribution in [3.05, 3.63) is 98.2 Å². The molecular weight excluding hydrogens is 799 g/mol. The van der Waals surface area contributed by atoms with E-state index >= 15 is 0 Å². The fraction of sp³-hybridized carbons (Fsp3) is 0.0435. The number of ether oxygens (including phenoxy) is 2. The van der Waals surface area contributed by atoms with Crippen LogP contribution < -0.4 is 4.74 Å². The van der Waals surface area contributed by atoms with Crippen molar-refractivity contribution in [2.75, 3.05) is 0 Å². The van der Waals surface area contributed by atoms with E-state index in [1.165, 1.54) is 3.57 Å². The summed E-state index contributed by atoms with van der Waals surface area (Å²) in [4.78, 5) is 16.7. The van der Waals surface area contributed by atoms with Crippen LogP contribution >= 0.6 is 83.7 Å². The number of halogens is 4. The molecule has 0 fully saturated rings. The first-order chi connectivity index (χ1) is 14.9. The summed E-state index contributed by atoms with van der Waals surface area (Å²) in [7, 11) is 0. The second kappa shape index (κ2) is 10.3. The van der Waals surface area contributed by atoms with Crippen LogP contribution in [-0.4, -0.2) is 11.9 Å². The summed E-state index contributed by atoms with van der Waals surface area (Å²) in [6.45, 7) is 0.499. The van der Waals surface area contributed by atoms with Gasteiger partial charge in [-0.15, -0.1) is 0 Å². The van der Waals surface area contributed by atoms with Crippen LogP contribution in [0.1, 0.15) is 16.7 Å². The van der Waals surface area contributed by atoms with Gasteiger partial charge in [-0.3, -0.25) is 0 Å². The van der Waals surface area contributed by atoms with Crippen LogP contribution in [-0.2, 0) is 16.1 Å². The van der Waals surface area contributed by atoms with Gasteiger partial charge in [-0.05, 0) is 122 Å². The predicted molar refractivity (Wildman–Crippen MR) is 150 cm³/mol. The lowest BCUT2D eigenvalue weighted by Crippen LogP contribution is -2.05. The van der Waals surface area contributed by atoms with Crippen LogP contribution in [0.2, 0.25) is 0 Å². The van der Waals surface area contributed by atoms with Crippen molar-refractivity contribution >= 4 is 102 Å². The Labute approximate surface area is 229 Å². The molecule has 1 aliphatic rings. The monoisotopic (exact) mass is 811 g/mol. The summed E-state index contributed by atoms with van der Waals surface area (Å²) in [5.74, 6) is 0.684. The highest BCUT2D eigenvalue weighted by atomic mass is 127. The molecule has 0 amide bonds. The molecule has 3 aromatic rings. The van der Waals surface area contributed by atoms with E-state index in [0.717, 1.165) is 34.1 Å². The molecule has 1 heterocycles. The van der Waals surface area contributed by atoms with Crippen LogP contribution in [0.3, 0.4) is 0 Å². The number of benzene rings is 3. The van der Waals surface area contributed by atoms with Gasteiger partial charge >= 0.3 is 5.97 Å². The van der Waals surface area contributed by atoms with E-state index in [0.29, 0.717) is 12.5 Å². The average molecular weight is 812 g/mol. The van der Waals surface area contributed by atoms with Crippen LogP contribution in [0.4, 0.5) is 0 Å². The Balaban J connectivity index is 1.56. The van der Waals surface area contributed by atoms with Gasteiger partial charge in [0.15, 0.2) is 5.70 Å². The fourth-order valence-electron chi connectivity index (χ4n) is 2.85. The number of aliphatic imine (C=N–C) groups is 1. The number of carbonyl (C=O) groups excluding carboxylic acids is 1. The van der Waals surface area contributed by atoms with E-state index in [4.69, 9.17) is 9.47 Å². The summed E-state index contributed by atoms with van der Waals surface area (Å²) in [5, 5.41) is 0. The van der Waals surface area contributed by atoms with E-state index in [-0.39, 0.29) is 5.70 Å². The third-order valence-electron chi connectivity index (χ3n) is 4.37. The van der Waals surface area contributed by atoms with Gasteiger partial charge in [0.05, 0.1) is 7.14 Å². The Morgan fingerprint density at radius 2 is 1.65 bits per heavy atom. The number of carbonyl (C=O) groups is 1. The largest absolute Gasteiger partial charge is 0.487 e. The number of rotatable bonds is 5. The number of hydrogen-bond acceptors (Lipinski definition) is 4. The molecular formula is C23H13BrI3NO3. The second-order valence-corrected chi connectivity index (χ2v) is 10.9. The third kappa shape index (κ3) is 5.69. The van der Waals surface area contributed by atoms with E-state index in [2.05, 4.69) is 101 Å². The van der Waals surface area contributed by atoms with Crippen LogP contribution in [0, 0.1) is 10.7 Å². The smallest absolute Gasteiger partial charge is 0.363 e. The van der Waals surface area contributed by atoms with Crippen LogP contribution in [0.25, 0.3) is 6.08 Å². The molecule has 4 rings (SSSR count). The Kier molecular flexibility index (Phi) is 7.70. The molecule has 8 heteroatoms. The van der Waals surface area contributed by atoms with Crippen molar-refractivity contribution in [1.29, 1.82) is 0 Å². The summed E-state index contributed by atoms with van der Waals surface area (Å²) < 4.78 is 15.5. The molecule has 0 spiro atoms. The first-order valence-electron chi connectivity index (χ1n) is 9.04. The van der Waals surface area contributed by atoms with Crippen molar-refractivity contribution in [1.82, 2.24) is 0 Å². The van der Waals surface area contributed by atoms with Gasteiger partial charge in [0.25, 0.3) is 0 Å². The van der Waals surface area contributed by atoms with Crippen molar-refractivity contribution in [2.24, 2.45) is 4.99 Å². The zero-order valence-electron chi connectivity index (χ0n) is 15.7. The van der Waals surface area contributed by atoms with Gasteiger partial charge in [0.2, 0.25) is 5.90 Å². The molecule has 0 aliphatic carbocycles. The van der Waals surface area contributed by atoms with Gasteiger partial charge in [-0.1, -0.05) is 34.1 Å². The first kappa shape index (κ1) is 23.2. The summed E-state index contributed by atoms with van der Waals surface area (Å²) in [6, 6.07) is 19.6. The fourth-order valence-corrected chi connectivity index (χ4v) is 5.78. The lowest BCUT2D eigenvalue weighted by Gasteiger charge is -2.12. The molecule has 0 saturated heterocycles. The van der Waals surface area contributed by atoms with Gasteiger partial charge in [0.1, 0.15) is 12.4 Å². The Morgan fingerprint density at radius 1 is 0.968 bits per heavy atom. The topological polar surface area (TPSA) is 47.9 Å². The summed E-state index contributed by atoms with van der Waals surface area (Å²) in [6.07, 6.45) is 1.74. The second-order valence-electron chi connectivity index (χ2n) is 6.54. The highest BCUT2D eigenvalue weighted by molar-refractivity contribution is 14.1. The average Bonchev–Trinajstić information content (AvgIpc) is 3.09. The molecule has 31 heavy (non-hydrogen) atoms. The van der Waals surface area contributed by atoms with Gasteiger partial charge in [-0.25, -0.2) is 9.79 Å². The van der Waals surface area contributed by atoms with Gasteiger partial charge < -0.3 is 9.47 Å². The number of hydrogen-bond donors (Lipinski definition) is 0. The van der Waals surface area contributed by atoms with Crippen molar-refractivity contribution < 1.29 is 14.3 Å². The zero-order valence-corrected chi connectivity index (χ0v) is 23.8. The van der Waals surface area contributed by atoms with Crippen molar-refractivity contribution in [2.45, 2.75) is 6.61 Å². The Morgan fingerprint density at radius 3 is 2.32 bits per heavy atom. The molecule has 0 atom stereocenters. The lowest BCUT2D eigenvalue weighted by molar-refractivity contribution is -0.129. The maximum atomic E-state index is 12.3. The van der Waals surface area contributed by atoms with Crippen LogP contribution in [0.15, 0.2) is 75.8 Å². The van der Waals surface area contributed by atoms with E-state index in [1.807, 2.05) is 48.5 Å². The van der Waals surface area contributed by atoms with E-state index < -0.39 is 5.97 Å².